The zero-order valence-corrected chi connectivity index (χ0v) is 10.6. The summed E-state index contributed by atoms with van der Waals surface area (Å²) in [7, 11) is 0. The van der Waals surface area contributed by atoms with Gasteiger partial charge in [-0.3, -0.25) is 0 Å². The molecule has 1 fully saturated rings. The maximum Gasteiger partial charge on any atom is 0.393 e. The number of hydrogen-bond donors (Lipinski definition) is 1. The Morgan fingerprint density at radius 3 is 2.61 bits per heavy atom. The van der Waals surface area contributed by atoms with Gasteiger partial charge in [-0.1, -0.05) is 18.2 Å². The number of benzene rings is 1. The Balaban J connectivity index is 2.37. The van der Waals surface area contributed by atoms with Gasteiger partial charge >= 0.3 is 6.18 Å². The summed E-state index contributed by atoms with van der Waals surface area (Å²) < 4.78 is 39.2. The zero-order valence-electron chi connectivity index (χ0n) is 10.6. The lowest BCUT2D eigenvalue weighted by molar-refractivity contribution is -0.189. The second-order valence-electron chi connectivity index (χ2n) is 5.01. The third-order valence-corrected chi connectivity index (χ3v) is 3.86. The van der Waals surface area contributed by atoms with E-state index in [-0.39, 0.29) is 6.42 Å². The summed E-state index contributed by atoms with van der Waals surface area (Å²) in [6, 6.07) is 4.98. The van der Waals surface area contributed by atoms with Gasteiger partial charge in [0.05, 0.1) is 5.92 Å². The first-order chi connectivity index (χ1) is 8.41. The predicted molar refractivity (Wildman–Crippen MR) is 65.4 cm³/mol. The molecule has 0 aromatic heterocycles. The van der Waals surface area contributed by atoms with Gasteiger partial charge in [-0.05, 0) is 49.9 Å². The van der Waals surface area contributed by atoms with Gasteiger partial charge in [-0.25, -0.2) is 0 Å². The quantitative estimate of drug-likeness (QED) is 0.804. The normalized spacial score (nSPS) is 25.2. The van der Waals surface area contributed by atoms with Crippen LogP contribution in [0.4, 0.5) is 13.2 Å². The van der Waals surface area contributed by atoms with Crippen LogP contribution in [0.15, 0.2) is 18.2 Å². The van der Waals surface area contributed by atoms with Crippen molar-refractivity contribution in [3.8, 4) is 0 Å². The van der Waals surface area contributed by atoms with Crippen LogP contribution in [0.2, 0.25) is 0 Å². The molecule has 2 atom stereocenters. The first kappa shape index (κ1) is 13.4. The van der Waals surface area contributed by atoms with Crippen molar-refractivity contribution in [2.75, 3.05) is 6.54 Å². The Kier molecular flexibility index (Phi) is 3.66. The van der Waals surface area contributed by atoms with Gasteiger partial charge in [0.2, 0.25) is 0 Å². The molecule has 1 nitrogen and oxygen atoms in total. The highest BCUT2D eigenvalue weighted by molar-refractivity contribution is 5.36. The summed E-state index contributed by atoms with van der Waals surface area (Å²) >= 11 is 0. The number of hydrogen-bond acceptors (Lipinski definition) is 1. The Bertz CT molecular complexity index is 426. The van der Waals surface area contributed by atoms with Crippen LogP contribution in [-0.2, 0) is 0 Å². The molecule has 18 heavy (non-hydrogen) atoms. The number of halogens is 3. The molecule has 1 aliphatic rings. The number of alkyl halides is 3. The molecule has 1 aromatic rings. The van der Waals surface area contributed by atoms with E-state index in [1.807, 2.05) is 32.0 Å². The van der Waals surface area contributed by atoms with E-state index in [2.05, 4.69) is 5.32 Å². The van der Waals surface area contributed by atoms with Crippen molar-refractivity contribution in [3.05, 3.63) is 34.9 Å². The van der Waals surface area contributed by atoms with Gasteiger partial charge in [-0.2, -0.15) is 13.2 Å². The first-order valence-corrected chi connectivity index (χ1v) is 6.27. The number of piperidine rings is 1. The van der Waals surface area contributed by atoms with Crippen LogP contribution < -0.4 is 5.32 Å². The van der Waals surface area contributed by atoms with Gasteiger partial charge in [0.25, 0.3) is 0 Å². The smallest absolute Gasteiger partial charge is 0.309 e. The predicted octanol–water partition coefficient (Wildman–Crippen LogP) is 3.91. The minimum absolute atomic E-state index is 0.217. The Morgan fingerprint density at radius 2 is 1.94 bits per heavy atom. The molecule has 1 heterocycles. The average molecular weight is 257 g/mol. The summed E-state index contributed by atoms with van der Waals surface area (Å²) in [5.41, 5.74) is 2.80. The van der Waals surface area contributed by atoms with E-state index >= 15 is 0 Å². The first-order valence-electron chi connectivity index (χ1n) is 6.27. The van der Waals surface area contributed by atoms with Crippen molar-refractivity contribution < 1.29 is 13.2 Å². The molecule has 4 heteroatoms. The summed E-state index contributed by atoms with van der Waals surface area (Å²) in [4.78, 5) is 0. The van der Waals surface area contributed by atoms with Crippen LogP contribution in [0.1, 0.15) is 35.6 Å². The monoisotopic (exact) mass is 257 g/mol. The van der Waals surface area contributed by atoms with E-state index < -0.39 is 18.1 Å². The number of rotatable bonds is 1. The Hall–Kier alpha value is -1.03. The molecule has 1 N–H and O–H groups in total. The molecule has 0 bridgehead atoms. The van der Waals surface area contributed by atoms with Crippen molar-refractivity contribution in [2.24, 2.45) is 5.92 Å². The van der Waals surface area contributed by atoms with Gasteiger partial charge in [0, 0.05) is 6.04 Å². The molecule has 0 saturated carbocycles. The van der Waals surface area contributed by atoms with Gasteiger partial charge < -0.3 is 5.32 Å². The molecule has 100 valence electrons. The van der Waals surface area contributed by atoms with E-state index in [0.717, 1.165) is 16.7 Å². The van der Waals surface area contributed by atoms with Crippen LogP contribution in [0.5, 0.6) is 0 Å². The van der Waals surface area contributed by atoms with Crippen molar-refractivity contribution >= 4 is 0 Å². The third-order valence-electron chi connectivity index (χ3n) is 3.86. The Morgan fingerprint density at radius 1 is 1.22 bits per heavy atom. The molecule has 0 amide bonds. The lowest BCUT2D eigenvalue weighted by Crippen LogP contribution is -2.41. The molecule has 0 radical (unpaired) electrons. The summed E-state index contributed by atoms with van der Waals surface area (Å²) in [6.07, 6.45) is -3.33. The van der Waals surface area contributed by atoms with E-state index in [1.165, 1.54) is 0 Å². The van der Waals surface area contributed by atoms with Crippen molar-refractivity contribution in [1.82, 2.24) is 5.32 Å². The molecular weight excluding hydrogens is 239 g/mol. The standard InChI is InChI=1S/C14H18F3N/c1-9-5-3-6-11(10(9)2)13-12(14(15,16)17)7-4-8-18-13/h3,5-6,12-13,18H,4,7-8H2,1-2H3. The van der Waals surface area contributed by atoms with E-state index in [0.29, 0.717) is 13.0 Å². The Labute approximate surface area is 105 Å². The highest BCUT2D eigenvalue weighted by Crippen LogP contribution is 2.42. The molecule has 0 aliphatic carbocycles. The van der Waals surface area contributed by atoms with Gasteiger partial charge in [-0.15, -0.1) is 0 Å². The molecule has 2 rings (SSSR count). The topological polar surface area (TPSA) is 12.0 Å². The maximum atomic E-state index is 13.1. The highest BCUT2D eigenvalue weighted by Gasteiger charge is 2.46. The minimum atomic E-state index is -4.13. The van der Waals surface area contributed by atoms with Crippen LogP contribution in [0.3, 0.4) is 0 Å². The largest absolute Gasteiger partial charge is 0.393 e. The molecule has 1 saturated heterocycles. The van der Waals surface area contributed by atoms with Crippen LogP contribution in [0, 0.1) is 19.8 Å². The van der Waals surface area contributed by atoms with Crippen LogP contribution in [-0.4, -0.2) is 12.7 Å². The lowest BCUT2D eigenvalue weighted by atomic mass is 9.83. The van der Waals surface area contributed by atoms with E-state index in [4.69, 9.17) is 0 Å². The summed E-state index contributed by atoms with van der Waals surface area (Å²) in [6.45, 7) is 4.49. The molecule has 0 spiro atoms. The number of aryl methyl sites for hydroxylation is 1. The van der Waals surface area contributed by atoms with E-state index in [9.17, 15) is 13.2 Å². The lowest BCUT2D eigenvalue weighted by Gasteiger charge is -2.35. The fourth-order valence-corrected chi connectivity index (χ4v) is 2.68. The average Bonchev–Trinajstić information content (AvgIpc) is 2.32. The second-order valence-corrected chi connectivity index (χ2v) is 5.01. The maximum absolute atomic E-state index is 13.1. The van der Waals surface area contributed by atoms with Gasteiger partial charge in [0.15, 0.2) is 0 Å². The SMILES string of the molecule is Cc1cccc(C2NCCCC2C(F)(F)F)c1C. The fourth-order valence-electron chi connectivity index (χ4n) is 2.68. The molecular formula is C14H18F3N. The van der Waals surface area contributed by atoms with Crippen molar-refractivity contribution in [3.63, 3.8) is 0 Å². The molecule has 1 aromatic carbocycles. The number of nitrogens with one attached hydrogen (secondary N) is 1. The van der Waals surface area contributed by atoms with E-state index in [1.54, 1.807) is 0 Å². The van der Waals surface area contributed by atoms with Crippen molar-refractivity contribution in [1.29, 1.82) is 0 Å². The fraction of sp³-hybridized carbons (Fsp3) is 0.571. The minimum Gasteiger partial charge on any atom is -0.309 e. The zero-order chi connectivity index (χ0) is 13.3. The van der Waals surface area contributed by atoms with Gasteiger partial charge in [0.1, 0.15) is 0 Å². The highest BCUT2D eigenvalue weighted by atomic mass is 19.4. The summed E-state index contributed by atoms with van der Waals surface area (Å²) in [5, 5.41) is 3.04. The summed E-state index contributed by atoms with van der Waals surface area (Å²) in [5.74, 6) is -1.27. The van der Waals surface area contributed by atoms with Crippen LogP contribution >= 0.6 is 0 Å². The third kappa shape index (κ3) is 2.53. The van der Waals surface area contributed by atoms with Crippen molar-refractivity contribution in [2.45, 2.75) is 38.9 Å². The molecule has 2 unspecified atom stereocenters. The second kappa shape index (κ2) is 4.92. The van der Waals surface area contributed by atoms with Crippen LogP contribution in [0.25, 0.3) is 0 Å². The molecule has 1 aliphatic heterocycles.